The largest absolute Gasteiger partial charge is 0.462 e. The first-order valence-corrected chi connectivity index (χ1v) is 24.3. The van der Waals surface area contributed by atoms with Gasteiger partial charge in [-0.2, -0.15) is 0 Å². The minimum Gasteiger partial charge on any atom is -0.462 e. The van der Waals surface area contributed by atoms with Crippen LogP contribution < -0.4 is 0 Å². The molecular weight excluding hydrogens is 745 g/mol. The van der Waals surface area contributed by atoms with E-state index < -0.39 is 6.10 Å². The highest BCUT2D eigenvalue weighted by molar-refractivity contribution is 5.71. The lowest BCUT2D eigenvalue weighted by Crippen LogP contribution is -2.30. The number of hydrogen-bond acceptors (Lipinski definition) is 6. The number of carbonyl (C=O) groups is 3. The van der Waals surface area contributed by atoms with Crippen LogP contribution >= 0.6 is 0 Å². The average molecular weight is 833 g/mol. The molecule has 0 rings (SSSR count). The van der Waals surface area contributed by atoms with Crippen LogP contribution in [0.2, 0.25) is 0 Å². The third-order valence-corrected chi connectivity index (χ3v) is 9.93. The second-order valence-corrected chi connectivity index (χ2v) is 15.8. The molecule has 6 heteroatoms. The van der Waals surface area contributed by atoms with E-state index in [2.05, 4.69) is 75.5 Å². The first-order chi connectivity index (χ1) is 29.5. The van der Waals surface area contributed by atoms with Gasteiger partial charge in [0.15, 0.2) is 6.10 Å². The Balaban J connectivity index is 4.56. The molecule has 0 aromatic carbocycles. The van der Waals surface area contributed by atoms with E-state index in [-0.39, 0.29) is 44.0 Å². The maximum absolute atomic E-state index is 12.7. The van der Waals surface area contributed by atoms with Crippen LogP contribution in [0.25, 0.3) is 0 Å². The Morgan fingerprint density at radius 2 is 0.750 bits per heavy atom. The Labute approximate surface area is 368 Å². The van der Waals surface area contributed by atoms with E-state index in [4.69, 9.17) is 14.2 Å². The molecule has 0 radical (unpaired) electrons. The lowest BCUT2D eigenvalue weighted by atomic mass is 10.1. The van der Waals surface area contributed by atoms with Gasteiger partial charge in [-0.15, -0.1) is 0 Å². The van der Waals surface area contributed by atoms with Gasteiger partial charge in [0.2, 0.25) is 0 Å². The molecule has 0 saturated heterocycles. The van der Waals surface area contributed by atoms with Crippen LogP contribution in [-0.4, -0.2) is 37.2 Å². The van der Waals surface area contributed by atoms with Gasteiger partial charge in [0.05, 0.1) is 0 Å². The highest BCUT2D eigenvalue weighted by Crippen LogP contribution is 2.12. The molecular formula is C54H88O6. The molecule has 0 bridgehead atoms. The molecule has 60 heavy (non-hydrogen) atoms. The van der Waals surface area contributed by atoms with Crippen LogP contribution in [0, 0.1) is 0 Å². The van der Waals surface area contributed by atoms with Gasteiger partial charge in [0.1, 0.15) is 13.2 Å². The molecule has 0 amide bonds. The second-order valence-electron chi connectivity index (χ2n) is 15.8. The summed E-state index contributed by atoms with van der Waals surface area (Å²) in [6.07, 6.45) is 62.6. The molecule has 1 unspecified atom stereocenters. The van der Waals surface area contributed by atoms with Crippen molar-refractivity contribution in [1.29, 1.82) is 0 Å². The lowest BCUT2D eigenvalue weighted by Gasteiger charge is -2.18. The van der Waals surface area contributed by atoms with E-state index in [9.17, 15) is 14.4 Å². The maximum Gasteiger partial charge on any atom is 0.306 e. The van der Waals surface area contributed by atoms with Crippen molar-refractivity contribution in [2.75, 3.05) is 13.2 Å². The minimum absolute atomic E-state index is 0.126. The van der Waals surface area contributed by atoms with Crippen LogP contribution in [-0.2, 0) is 28.6 Å². The number of esters is 3. The number of rotatable bonds is 42. The number of hydrogen-bond donors (Lipinski definition) is 0. The zero-order chi connectivity index (χ0) is 43.7. The summed E-state index contributed by atoms with van der Waals surface area (Å²) in [5.74, 6) is -1.07. The number of unbranched alkanes of at least 4 members (excludes halogenated alkanes) is 19. The van der Waals surface area contributed by atoms with Crippen LogP contribution in [0.15, 0.2) is 97.2 Å². The molecule has 0 saturated carbocycles. The fourth-order valence-electron chi connectivity index (χ4n) is 6.26. The normalized spacial score (nSPS) is 12.9. The van der Waals surface area contributed by atoms with E-state index in [1.54, 1.807) is 0 Å². The fraction of sp³-hybridized carbons (Fsp3) is 0.648. The summed E-state index contributed by atoms with van der Waals surface area (Å²) in [4.78, 5) is 37.8. The Kier molecular flexibility index (Phi) is 45.1. The molecule has 0 aliphatic carbocycles. The molecule has 0 aromatic heterocycles. The van der Waals surface area contributed by atoms with Gasteiger partial charge < -0.3 is 14.2 Å². The summed E-state index contributed by atoms with van der Waals surface area (Å²) in [5.41, 5.74) is 0. The van der Waals surface area contributed by atoms with Crippen LogP contribution in [0.5, 0.6) is 0 Å². The summed E-state index contributed by atoms with van der Waals surface area (Å²) in [5, 5.41) is 0. The summed E-state index contributed by atoms with van der Waals surface area (Å²) >= 11 is 0. The number of carbonyl (C=O) groups excluding carboxylic acids is 3. The van der Waals surface area contributed by atoms with E-state index in [1.165, 1.54) is 83.5 Å². The number of ether oxygens (including phenoxy) is 3. The zero-order valence-corrected chi connectivity index (χ0v) is 38.7. The Hall–Kier alpha value is -3.67. The Morgan fingerprint density at radius 1 is 0.367 bits per heavy atom. The van der Waals surface area contributed by atoms with E-state index >= 15 is 0 Å². The molecule has 0 heterocycles. The highest BCUT2D eigenvalue weighted by atomic mass is 16.6. The molecule has 0 fully saturated rings. The highest BCUT2D eigenvalue weighted by Gasteiger charge is 2.19. The van der Waals surface area contributed by atoms with Crippen molar-refractivity contribution in [3.05, 3.63) is 97.2 Å². The van der Waals surface area contributed by atoms with Crippen LogP contribution in [0.4, 0.5) is 0 Å². The van der Waals surface area contributed by atoms with Crippen molar-refractivity contribution in [1.82, 2.24) is 0 Å². The molecule has 6 nitrogen and oxygen atoms in total. The van der Waals surface area contributed by atoms with Crippen molar-refractivity contribution in [3.8, 4) is 0 Å². The molecule has 0 spiro atoms. The van der Waals surface area contributed by atoms with Crippen LogP contribution in [0.3, 0.4) is 0 Å². The molecule has 340 valence electrons. The standard InChI is InChI=1S/C54H88O6/c1-4-7-10-13-16-19-22-25-26-27-30-32-35-38-41-44-47-53(56)59-50-51(60-54(57)48-45-42-39-36-33-29-24-21-18-15-12-9-6-3)49-58-52(55)46-43-40-37-34-31-28-23-20-17-14-11-8-5-2/h9,12,15,18,21,24,26-33,37,40,51H,4-8,10-11,13-14,16-17,19-20,22-23,25,34-36,38-39,41-50H2,1-3H3/b12-9-,18-15-,24-21-,27-26-,31-28-,32-30-,33-29-,40-37-. The summed E-state index contributed by atoms with van der Waals surface area (Å²) < 4.78 is 16.6. The van der Waals surface area contributed by atoms with E-state index in [0.29, 0.717) is 19.3 Å². The Morgan fingerprint density at radius 3 is 1.27 bits per heavy atom. The monoisotopic (exact) mass is 833 g/mol. The van der Waals surface area contributed by atoms with Gasteiger partial charge in [-0.1, -0.05) is 201 Å². The number of allylic oxidation sites excluding steroid dienone is 16. The molecule has 1 atom stereocenters. The summed E-state index contributed by atoms with van der Waals surface area (Å²) in [6.45, 7) is 6.35. The molecule has 0 aliphatic rings. The SMILES string of the molecule is CC\C=C/C=C\C=C/C=C\CCCCCC(=O)OC(COC(=O)CC/C=C\C/C=C\CCCCCCCC)COC(=O)CCCCC/C=C\C=C/CCCCCCCCC. The van der Waals surface area contributed by atoms with E-state index in [0.717, 1.165) is 70.6 Å². The maximum atomic E-state index is 12.7. The van der Waals surface area contributed by atoms with Gasteiger partial charge >= 0.3 is 17.9 Å². The third kappa shape index (κ3) is 45.4. The zero-order valence-electron chi connectivity index (χ0n) is 38.7. The third-order valence-electron chi connectivity index (χ3n) is 9.93. The predicted molar refractivity (Wildman–Crippen MR) is 256 cm³/mol. The summed E-state index contributed by atoms with van der Waals surface area (Å²) in [6, 6.07) is 0. The summed E-state index contributed by atoms with van der Waals surface area (Å²) in [7, 11) is 0. The average Bonchev–Trinajstić information content (AvgIpc) is 3.24. The van der Waals surface area contributed by atoms with Crippen molar-refractivity contribution in [2.45, 2.75) is 213 Å². The van der Waals surface area contributed by atoms with Gasteiger partial charge in [0.25, 0.3) is 0 Å². The molecule has 0 aromatic rings. The van der Waals surface area contributed by atoms with Crippen LogP contribution in [0.1, 0.15) is 207 Å². The van der Waals surface area contributed by atoms with Crippen molar-refractivity contribution in [2.24, 2.45) is 0 Å². The first-order valence-electron chi connectivity index (χ1n) is 24.3. The Bertz CT molecular complexity index is 1230. The smallest absolute Gasteiger partial charge is 0.306 e. The van der Waals surface area contributed by atoms with Gasteiger partial charge in [-0.05, 0) is 83.5 Å². The van der Waals surface area contributed by atoms with Crippen molar-refractivity contribution in [3.63, 3.8) is 0 Å². The minimum atomic E-state index is -0.831. The van der Waals surface area contributed by atoms with Gasteiger partial charge in [0, 0.05) is 19.3 Å². The van der Waals surface area contributed by atoms with Crippen molar-refractivity contribution < 1.29 is 28.6 Å². The molecule has 0 aliphatic heterocycles. The quantitative estimate of drug-likeness (QED) is 0.0200. The van der Waals surface area contributed by atoms with Crippen molar-refractivity contribution >= 4 is 17.9 Å². The van der Waals surface area contributed by atoms with Gasteiger partial charge in [-0.25, -0.2) is 0 Å². The van der Waals surface area contributed by atoms with Gasteiger partial charge in [-0.3, -0.25) is 14.4 Å². The lowest BCUT2D eigenvalue weighted by molar-refractivity contribution is -0.166. The van der Waals surface area contributed by atoms with E-state index in [1.807, 2.05) is 42.5 Å². The second kappa shape index (κ2) is 48.0. The predicted octanol–water partition coefficient (Wildman–Crippen LogP) is 15.8. The first kappa shape index (κ1) is 56.3. The fourth-order valence-corrected chi connectivity index (χ4v) is 6.26. The molecule has 0 N–H and O–H groups in total. The topological polar surface area (TPSA) is 78.9 Å².